The fraction of sp³-hybridized carbons (Fsp3) is 0.316. The van der Waals surface area contributed by atoms with Crippen LogP contribution < -0.4 is 15.4 Å². The summed E-state index contributed by atoms with van der Waals surface area (Å²) in [7, 11) is 0. The second-order valence-electron chi connectivity index (χ2n) is 5.74. The van der Waals surface area contributed by atoms with Gasteiger partial charge in [-0.1, -0.05) is 30.3 Å². The Kier molecular flexibility index (Phi) is 5.21. The number of hydrogen-bond donors (Lipinski definition) is 1. The van der Waals surface area contributed by atoms with Crippen LogP contribution in [0.15, 0.2) is 59.6 Å². The Hall–Kier alpha value is -2.69. The van der Waals surface area contributed by atoms with Crippen molar-refractivity contribution in [1.29, 1.82) is 0 Å². The molecular weight excluding hydrogens is 302 g/mol. The van der Waals surface area contributed by atoms with Crippen molar-refractivity contribution < 1.29 is 9.47 Å². The molecule has 0 aliphatic carbocycles. The Morgan fingerprint density at radius 1 is 1.17 bits per heavy atom. The predicted molar refractivity (Wildman–Crippen MR) is 96.5 cm³/mol. The third kappa shape index (κ3) is 4.19. The number of nitrogens with zero attached hydrogens (tertiary/aromatic N) is 2. The average molecular weight is 325 g/mol. The van der Waals surface area contributed by atoms with Gasteiger partial charge in [0.2, 0.25) is 0 Å². The number of amidine groups is 1. The van der Waals surface area contributed by atoms with Gasteiger partial charge in [0.05, 0.1) is 0 Å². The van der Waals surface area contributed by atoms with Crippen molar-refractivity contribution in [2.45, 2.75) is 19.6 Å². The summed E-state index contributed by atoms with van der Waals surface area (Å²) < 4.78 is 11.1. The molecular formula is C19H23N3O2. The lowest BCUT2D eigenvalue weighted by atomic mass is 10.2. The molecule has 0 spiro atoms. The molecule has 0 bridgehead atoms. The molecule has 1 heterocycles. The first-order valence-corrected chi connectivity index (χ1v) is 8.22. The zero-order chi connectivity index (χ0) is 16.8. The van der Waals surface area contributed by atoms with Gasteiger partial charge in [0.25, 0.3) is 6.02 Å². The van der Waals surface area contributed by atoms with Crippen molar-refractivity contribution in [3.05, 3.63) is 60.2 Å². The largest absolute Gasteiger partial charge is 0.489 e. The van der Waals surface area contributed by atoms with Gasteiger partial charge in [0, 0.05) is 18.8 Å². The monoisotopic (exact) mass is 325 g/mol. The van der Waals surface area contributed by atoms with E-state index < -0.39 is 0 Å². The molecule has 24 heavy (non-hydrogen) atoms. The highest BCUT2D eigenvalue weighted by Crippen LogP contribution is 2.21. The highest BCUT2D eigenvalue weighted by Gasteiger charge is 2.19. The number of aliphatic imine (C=N–C) groups is 1. The van der Waals surface area contributed by atoms with Crippen molar-refractivity contribution in [2.24, 2.45) is 10.7 Å². The Morgan fingerprint density at radius 2 is 1.92 bits per heavy atom. The predicted octanol–water partition coefficient (Wildman–Crippen LogP) is 2.81. The van der Waals surface area contributed by atoms with Gasteiger partial charge in [-0.15, -0.1) is 0 Å². The van der Waals surface area contributed by atoms with Crippen LogP contribution in [0, 0.1) is 0 Å². The standard InChI is InChI=1S/C19H23N3O2/c1-2-22(12-16-14-24-19(20)21-16)17-8-10-18(11-9-17)23-13-15-6-4-3-5-7-15/h3-11,16H,2,12-14H2,1H3,(H2,20,21)/t16-/m0/s1. The van der Waals surface area contributed by atoms with E-state index in [1.165, 1.54) is 0 Å². The average Bonchev–Trinajstić information content (AvgIpc) is 3.04. The number of hydrogen-bond acceptors (Lipinski definition) is 5. The molecule has 3 rings (SSSR count). The first-order chi connectivity index (χ1) is 11.7. The highest BCUT2D eigenvalue weighted by molar-refractivity contribution is 5.73. The molecule has 126 valence electrons. The second kappa shape index (κ2) is 7.73. The molecule has 1 aliphatic heterocycles. The smallest absolute Gasteiger partial charge is 0.282 e. The molecule has 0 unspecified atom stereocenters. The van der Waals surface area contributed by atoms with Crippen LogP contribution in [-0.4, -0.2) is 31.8 Å². The molecule has 0 amide bonds. The maximum atomic E-state index is 5.83. The lowest BCUT2D eigenvalue weighted by Crippen LogP contribution is -2.32. The molecule has 5 heteroatoms. The summed E-state index contributed by atoms with van der Waals surface area (Å²) in [5.41, 5.74) is 7.88. The quantitative estimate of drug-likeness (QED) is 0.850. The van der Waals surface area contributed by atoms with Crippen LogP contribution in [0.4, 0.5) is 5.69 Å². The summed E-state index contributed by atoms with van der Waals surface area (Å²) in [6, 6.07) is 18.7. The molecule has 2 aromatic carbocycles. The molecule has 0 fully saturated rings. The van der Waals surface area contributed by atoms with Crippen molar-refractivity contribution in [1.82, 2.24) is 0 Å². The summed E-state index contributed by atoms with van der Waals surface area (Å²) in [6.45, 7) is 4.95. The fourth-order valence-electron chi connectivity index (χ4n) is 2.70. The van der Waals surface area contributed by atoms with Crippen LogP contribution >= 0.6 is 0 Å². The maximum absolute atomic E-state index is 5.83. The van der Waals surface area contributed by atoms with E-state index in [0.717, 1.165) is 30.1 Å². The van der Waals surface area contributed by atoms with E-state index in [1.807, 2.05) is 30.3 Å². The lowest BCUT2D eigenvalue weighted by molar-refractivity contribution is 0.306. The fourth-order valence-corrected chi connectivity index (χ4v) is 2.70. The molecule has 1 aliphatic rings. The van der Waals surface area contributed by atoms with Gasteiger partial charge in [-0.05, 0) is 36.8 Å². The Morgan fingerprint density at radius 3 is 2.54 bits per heavy atom. The van der Waals surface area contributed by atoms with Gasteiger partial charge in [-0.25, -0.2) is 4.99 Å². The third-order valence-corrected chi connectivity index (χ3v) is 4.00. The number of ether oxygens (including phenoxy) is 2. The molecule has 0 saturated heterocycles. The van der Waals surface area contributed by atoms with E-state index in [4.69, 9.17) is 15.2 Å². The zero-order valence-corrected chi connectivity index (χ0v) is 13.9. The summed E-state index contributed by atoms with van der Waals surface area (Å²) in [5, 5.41) is 0. The van der Waals surface area contributed by atoms with E-state index in [2.05, 4.69) is 41.1 Å². The minimum atomic E-state index is 0.0963. The minimum Gasteiger partial charge on any atom is -0.489 e. The SMILES string of the molecule is CCN(C[C@H]1COC(N)=N1)c1ccc(OCc2ccccc2)cc1. The third-order valence-electron chi connectivity index (χ3n) is 4.00. The number of nitrogens with two attached hydrogens (primary N) is 1. The van der Waals surface area contributed by atoms with Crippen LogP contribution in [0.1, 0.15) is 12.5 Å². The molecule has 0 radical (unpaired) electrons. The number of rotatable bonds is 7. The summed E-state index contributed by atoms with van der Waals surface area (Å²) in [5.74, 6) is 0.866. The molecule has 2 N–H and O–H groups in total. The second-order valence-corrected chi connectivity index (χ2v) is 5.74. The first kappa shape index (κ1) is 16.2. The van der Waals surface area contributed by atoms with E-state index in [9.17, 15) is 0 Å². The molecule has 5 nitrogen and oxygen atoms in total. The normalized spacial score (nSPS) is 16.4. The minimum absolute atomic E-state index is 0.0963. The van der Waals surface area contributed by atoms with Crippen molar-refractivity contribution >= 4 is 11.7 Å². The summed E-state index contributed by atoms with van der Waals surface area (Å²) >= 11 is 0. The molecule has 0 saturated carbocycles. The van der Waals surface area contributed by atoms with Crippen molar-refractivity contribution in [3.63, 3.8) is 0 Å². The van der Waals surface area contributed by atoms with Crippen LogP contribution in [0.25, 0.3) is 0 Å². The maximum Gasteiger partial charge on any atom is 0.282 e. The zero-order valence-electron chi connectivity index (χ0n) is 13.9. The van der Waals surface area contributed by atoms with Gasteiger partial charge >= 0.3 is 0 Å². The topological polar surface area (TPSA) is 60.1 Å². The van der Waals surface area contributed by atoms with E-state index >= 15 is 0 Å². The summed E-state index contributed by atoms with van der Waals surface area (Å²) in [4.78, 5) is 6.55. The van der Waals surface area contributed by atoms with E-state index in [0.29, 0.717) is 19.2 Å². The number of likely N-dealkylation sites (N-methyl/N-ethyl adjacent to an activating group) is 1. The van der Waals surface area contributed by atoms with E-state index in [-0.39, 0.29) is 6.04 Å². The van der Waals surface area contributed by atoms with Gasteiger partial charge in [0.1, 0.15) is 25.0 Å². The lowest BCUT2D eigenvalue weighted by Gasteiger charge is -2.24. The van der Waals surface area contributed by atoms with Gasteiger partial charge in [-0.2, -0.15) is 0 Å². The Bertz CT molecular complexity index is 671. The van der Waals surface area contributed by atoms with Gasteiger partial charge < -0.3 is 20.1 Å². The molecule has 1 atom stereocenters. The summed E-state index contributed by atoms with van der Waals surface area (Å²) in [6.07, 6.45) is 0. The van der Waals surface area contributed by atoms with Crippen molar-refractivity contribution in [2.75, 3.05) is 24.6 Å². The highest BCUT2D eigenvalue weighted by atomic mass is 16.5. The molecule has 2 aromatic rings. The number of benzene rings is 2. The van der Waals surface area contributed by atoms with Crippen LogP contribution in [-0.2, 0) is 11.3 Å². The van der Waals surface area contributed by atoms with E-state index in [1.54, 1.807) is 0 Å². The van der Waals surface area contributed by atoms with Gasteiger partial charge in [0.15, 0.2) is 0 Å². The Labute approximate surface area is 142 Å². The van der Waals surface area contributed by atoms with Crippen molar-refractivity contribution in [3.8, 4) is 5.75 Å². The van der Waals surface area contributed by atoms with Crippen LogP contribution in [0.3, 0.4) is 0 Å². The Balaban J connectivity index is 1.58. The number of anilines is 1. The van der Waals surface area contributed by atoms with Crippen LogP contribution in [0.2, 0.25) is 0 Å². The molecule has 0 aromatic heterocycles. The first-order valence-electron chi connectivity index (χ1n) is 8.22. The van der Waals surface area contributed by atoms with Gasteiger partial charge in [-0.3, -0.25) is 0 Å². The van der Waals surface area contributed by atoms with Crippen LogP contribution in [0.5, 0.6) is 5.75 Å².